The van der Waals surface area contributed by atoms with Gasteiger partial charge in [-0.15, -0.1) is 0 Å². The minimum Gasteiger partial charge on any atom is -0.490 e. The molecule has 174 valence electrons. The summed E-state index contributed by atoms with van der Waals surface area (Å²) in [5, 5.41) is 6.45. The van der Waals surface area contributed by atoms with Crippen molar-refractivity contribution in [1.82, 2.24) is 10.2 Å². The second-order valence-electron chi connectivity index (χ2n) is 7.00. The van der Waals surface area contributed by atoms with Gasteiger partial charge in [0.1, 0.15) is 11.4 Å². The van der Waals surface area contributed by atoms with Crippen molar-refractivity contribution in [3.63, 3.8) is 0 Å². The summed E-state index contributed by atoms with van der Waals surface area (Å²) in [6.07, 6.45) is 4.55. The van der Waals surface area contributed by atoms with E-state index in [0.29, 0.717) is 55.8 Å². The highest BCUT2D eigenvalue weighted by Crippen LogP contribution is 2.23. The number of Topliss-reactive ketones (excluding diaryl/α,β-unsaturated/α-hetero) is 3. The van der Waals surface area contributed by atoms with Crippen molar-refractivity contribution in [2.45, 2.75) is 52.9 Å². The van der Waals surface area contributed by atoms with E-state index < -0.39 is 29.4 Å². The van der Waals surface area contributed by atoms with E-state index in [1.54, 1.807) is 26.8 Å². The van der Waals surface area contributed by atoms with E-state index in [2.05, 4.69) is 14.9 Å². The minimum atomic E-state index is -0.944. The molecule has 0 aromatic carbocycles. The van der Waals surface area contributed by atoms with E-state index in [-0.39, 0.29) is 18.1 Å². The lowest BCUT2D eigenvalue weighted by atomic mass is 9.88. The third-order valence-corrected chi connectivity index (χ3v) is 4.88. The van der Waals surface area contributed by atoms with Crippen LogP contribution in [0.15, 0.2) is 11.8 Å². The first-order chi connectivity index (χ1) is 15.3. The highest BCUT2D eigenvalue weighted by Gasteiger charge is 2.36. The number of aromatic amines is 1. The molecule has 1 N–H and O–H groups in total. The van der Waals surface area contributed by atoms with Crippen molar-refractivity contribution in [2.24, 2.45) is 5.92 Å². The Kier molecular flexibility index (Phi) is 9.30. The Bertz CT molecular complexity index is 915. The molecule has 1 aromatic rings. The maximum Gasteiger partial charge on any atom is 0.375 e. The number of esters is 2. The van der Waals surface area contributed by atoms with Gasteiger partial charge < -0.3 is 14.2 Å². The predicted molar refractivity (Wildman–Crippen MR) is 111 cm³/mol. The number of carbonyl (C=O) groups excluding carboxylic acids is 5. The second-order valence-corrected chi connectivity index (χ2v) is 7.00. The van der Waals surface area contributed by atoms with Gasteiger partial charge in [-0.05, 0) is 52.5 Å². The SMILES string of the molecule is CCOC(=O)C(=O)C1CCC=C(OCC)C1=O.CCOC(=O)c1[nH]nc2c1CCCC2=O. The molecule has 1 heterocycles. The molecule has 32 heavy (non-hydrogen) atoms. The molecular formula is C22H28N2O8. The summed E-state index contributed by atoms with van der Waals surface area (Å²) in [6, 6.07) is 0. The minimum absolute atomic E-state index is 0.00282. The topological polar surface area (TPSA) is 142 Å². The molecule has 2 aliphatic rings. The van der Waals surface area contributed by atoms with E-state index >= 15 is 0 Å². The van der Waals surface area contributed by atoms with E-state index in [9.17, 15) is 24.0 Å². The average Bonchev–Trinajstić information content (AvgIpc) is 3.21. The first-order valence-electron chi connectivity index (χ1n) is 10.7. The normalized spacial score (nSPS) is 17.3. The number of ketones is 3. The van der Waals surface area contributed by atoms with Gasteiger partial charge in [0.15, 0.2) is 11.5 Å². The predicted octanol–water partition coefficient (Wildman–Crippen LogP) is 2.12. The number of ether oxygens (including phenoxy) is 3. The van der Waals surface area contributed by atoms with Crippen molar-refractivity contribution >= 4 is 29.3 Å². The summed E-state index contributed by atoms with van der Waals surface area (Å²) in [5.41, 5.74) is 1.45. The molecule has 0 aliphatic heterocycles. The number of rotatable bonds is 7. The molecule has 1 atom stereocenters. The van der Waals surface area contributed by atoms with Gasteiger partial charge in [-0.1, -0.05) is 0 Å². The van der Waals surface area contributed by atoms with Crippen LogP contribution in [0.3, 0.4) is 0 Å². The quantitative estimate of drug-likeness (QED) is 0.377. The van der Waals surface area contributed by atoms with Gasteiger partial charge in [0.05, 0.1) is 25.7 Å². The number of fused-ring (bicyclic) bond motifs is 1. The van der Waals surface area contributed by atoms with Gasteiger partial charge in [-0.3, -0.25) is 19.5 Å². The third kappa shape index (κ3) is 5.89. The molecule has 10 nitrogen and oxygen atoms in total. The molecule has 0 spiro atoms. The highest BCUT2D eigenvalue weighted by atomic mass is 16.5. The summed E-state index contributed by atoms with van der Waals surface area (Å²) in [7, 11) is 0. The molecule has 10 heteroatoms. The molecule has 1 aromatic heterocycles. The Morgan fingerprint density at radius 1 is 1.06 bits per heavy atom. The van der Waals surface area contributed by atoms with Gasteiger partial charge in [-0.2, -0.15) is 5.10 Å². The number of H-pyrrole nitrogens is 1. The fourth-order valence-corrected chi connectivity index (χ4v) is 3.42. The van der Waals surface area contributed by atoms with Crippen molar-refractivity contribution in [2.75, 3.05) is 19.8 Å². The van der Waals surface area contributed by atoms with Crippen LogP contribution in [0.1, 0.15) is 73.0 Å². The summed E-state index contributed by atoms with van der Waals surface area (Å²) >= 11 is 0. The standard InChI is InChI=1S/C12H16O5.C10H12N2O3/c1-3-16-9-7-5-6-8(10(9)13)11(14)12(15)17-4-2;1-2-15-10(14)9-6-4-3-5-7(13)8(6)11-12-9/h7-8H,3-6H2,1-2H3;2-5H2,1H3,(H,11,12). The zero-order valence-electron chi connectivity index (χ0n) is 18.5. The van der Waals surface area contributed by atoms with E-state index in [1.807, 2.05) is 0 Å². The van der Waals surface area contributed by atoms with E-state index in [0.717, 1.165) is 6.42 Å². The first-order valence-corrected chi connectivity index (χ1v) is 10.7. The smallest absolute Gasteiger partial charge is 0.375 e. The Hall–Kier alpha value is -3.30. The summed E-state index contributed by atoms with van der Waals surface area (Å²) < 4.78 is 14.6. The van der Waals surface area contributed by atoms with Gasteiger partial charge in [0, 0.05) is 12.0 Å². The number of carbonyl (C=O) groups is 5. The fourth-order valence-electron chi connectivity index (χ4n) is 3.42. The number of hydrogen-bond donors (Lipinski definition) is 1. The molecule has 0 bridgehead atoms. The number of allylic oxidation sites excluding steroid dienone is 2. The summed E-state index contributed by atoms with van der Waals surface area (Å²) in [4.78, 5) is 57.7. The van der Waals surface area contributed by atoms with Crippen molar-refractivity contribution in [1.29, 1.82) is 0 Å². The van der Waals surface area contributed by atoms with Gasteiger partial charge in [0.25, 0.3) is 5.78 Å². The highest BCUT2D eigenvalue weighted by molar-refractivity contribution is 6.39. The van der Waals surface area contributed by atoms with Gasteiger partial charge in [-0.25, -0.2) is 9.59 Å². The lowest BCUT2D eigenvalue weighted by molar-refractivity contribution is -0.157. The fraction of sp³-hybridized carbons (Fsp3) is 0.545. The summed E-state index contributed by atoms with van der Waals surface area (Å²) in [6.45, 7) is 5.91. The molecule has 0 fully saturated rings. The largest absolute Gasteiger partial charge is 0.490 e. The summed E-state index contributed by atoms with van der Waals surface area (Å²) in [5.74, 6) is -3.33. The Morgan fingerprint density at radius 2 is 1.78 bits per heavy atom. The van der Waals surface area contributed by atoms with Crippen LogP contribution in [-0.4, -0.2) is 59.3 Å². The molecule has 0 saturated carbocycles. The van der Waals surface area contributed by atoms with Crippen LogP contribution in [0.4, 0.5) is 0 Å². The van der Waals surface area contributed by atoms with Crippen LogP contribution in [0, 0.1) is 5.92 Å². The van der Waals surface area contributed by atoms with Crippen LogP contribution < -0.4 is 0 Å². The van der Waals surface area contributed by atoms with Crippen LogP contribution in [0.2, 0.25) is 0 Å². The zero-order valence-corrected chi connectivity index (χ0v) is 18.5. The maximum atomic E-state index is 11.8. The lowest BCUT2D eigenvalue weighted by Gasteiger charge is -2.19. The monoisotopic (exact) mass is 448 g/mol. The Labute approximate surface area is 185 Å². The van der Waals surface area contributed by atoms with Crippen LogP contribution in [0.5, 0.6) is 0 Å². The van der Waals surface area contributed by atoms with Crippen molar-refractivity contribution < 1.29 is 38.2 Å². The average molecular weight is 448 g/mol. The second kappa shape index (κ2) is 11.9. The Morgan fingerprint density at radius 3 is 2.44 bits per heavy atom. The van der Waals surface area contributed by atoms with Crippen LogP contribution in [-0.2, 0) is 35.0 Å². The molecular weight excluding hydrogens is 420 g/mol. The Balaban J connectivity index is 0.000000228. The lowest BCUT2D eigenvalue weighted by Crippen LogP contribution is -2.34. The molecule has 3 rings (SSSR count). The van der Waals surface area contributed by atoms with Gasteiger partial charge >= 0.3 is 11.9 Å². The molecule has 0 amide bonds. The zero-order chi connectivity index (χ0) is 23.7. The maximum absolute atomic E-state index is 11.8. The molecule has 1 unspecified atom stereocenters. The van der Waals surface area contributed by atoms with Gasteiger partial charge in [0.2, 0.25) is 5.78 Å². The molecule has 0 saturated heterocycles. The van der Waals surface area contributed by atoms with Crippen LogP contribution in [0.25, 0.3) is 0 Å². The number of hydrogen-bond acceptors (Lipinski definition) is 9. The number of nitrogens with one attached hydrogen (secondary N) is 1. The number of nitrogens with zero attached hydrogens (tertiary/aromatic N) is 1. The number of aromatic nitrogens is 2. The van der Waals surface area contributed by atoms with Crippen molar-refractivity contribution in [3.05, 3.63) is 28.8 Å². The van der Waals surface area contributed by atoms with Crippen LogP contribution >= 0.6 is 0 Å². The third-order valence-electron chi connectivity index (χ3n) is 4.88. The van der Waals surface area contributed by atoms with Crippen molar-refractivity contribution in [3.8, 4) is 0 Å². The molecule has 2 aliphatic carbocycles. The van der Waals surface area contributed by atoms with E-state index in [4.69, 9.17) is 9.47 Å². The first kappa shape index (κ1) is 25.0. The van der Waals surface area contributed by atoms with E-state index in [1.165, 1.54) is 0 Å². The molecule has 0 radical (unpaired) electrons.